The fraction of sp³-hybridized carbons (Fsp3) is 0.385. The van der Waals surface area contributed by atoms with Gasteiger partial charge in [0.15, 0.2) is 5.65 Å². The van der Waals surface area contributed by atoms with E-state index < -0.39 is 0 Å². The minimum absolute atomic E-state index is 0.122. The van der Waals surface area contributed by atoms with Crippen molar-refractivity contribution in [3.8, 4) is 5.69 Å². The molecule has 2 N–H and O–H groups in total. The van der Waals surface area contributed by atoms with E-state index in [-0.39, 0.29) is 17.0 Å². The summed E-state index contributed by atoms with van der Waals surface area (Å²) in [6, 6.07) is 8.12. The second-order valence-electron chi connectivity index (χ2n) is 10.3. The van der Waals surface area contributed by atoms with E-state index in [1.54, 1.807) is 21.8 Å². The molecule has 182 valence electrons. The lowest BCUT2D eigenvalue weighted by Gasteiger charge is -2.21. The number of pyridine rings is 1. The van der Waals surface area contributed by atoms with Gasteiger partial charge in [0.1, 0.15) is 5.39 Å². The fourth-order valence-electron chi connectivity index (χ4n) is 4.45. The minimum Gasteiger partial charge on any atom is -0.324 e. The highest BCUT2D eigenvalue weighted by atomic mass is 35.5. The van der Waals surface area contributed by atoms with Gasteiger partial charge < -0.3 is 10.6 Å². The molecule has 1 aliphatic rings. The van der Waals surface area contributed by atoms with Crippen molar-refractivity contribution in [3.05, 3.63) is 68.9 Å². The lowest BCUT2D eigenvalue weighted by Crippen LogP contribution is -2.25. The number of nitrogens with one attached hydrogen (secondary N) is 2. The molecule has 35 heavy (non-hydrogen) atoms. The molecule has 0 atom stereocenters. The highest BCUT2D eigenvalue weighted by Crippen LogP contribution is 2.30. The highest BCUT2D eigenvalue weighted by molar-refractivity contribution is 6.32. The molecule has 0 bridgehead atoms. The van der Waals surface area contributed by atoms with Gasteiger partial charge in [0.25, 0.3) is 5.56 Å². The number of aromatic nitrogens is 5. The van der Waals surface area contributed by atoms with Crippen LogP contribution in [-0.4, -0.2) is 30.9 Å². The Labute approximate surface area is 209 Å². The van der Waals surface area contributed by atoms with Gasteiger partial charge in [-0.05, 0) is 56.1 Å². The average Bonchev–Trinajstić information content (AvgIpc) is 3.10. The normalized spacial score (nSPS) is 13.9. The van der Waals surface area contributed by atoms with Gasteiger partial charge >= 0.3 is 0 Å². The topological polar surface area (TPSA) is 89.7 Å². The maximum absolute atomic E-state index is 13.4. The van der Waals surface area contributed by atoms with Crippen LogP contribution in [0.1, 0.15) is 57.5 Å². The molecule has 4 heterocycles. The summed E-state index contributed by atoms with van der Waals surface area (Å²) in [5.74, 6) is 0.414. The van der Waals surface area contributed by atoms with Crippen molar-refractivity contribution >= 4 is 34.3 Å². The lowest BCUT2D eigenvalue weighted by atomic mass is 9.91. The Bertz CT molecular complexity index is 1480. The monoisotopic (exact) mass is 491 g/mol. The third-order valence-electron chi connectivity index (χ3n) is 6.29. The zero-order valence-corrected chi connectivity index (χ0v) is 21.4. The molecule has 8 nitrogen and oxygen atoms in total. The van der Waals surface area contributed by atoms with Gasteiger partial charge in [-0.15, -0.1) is 0 Å². The van der Waals surface area contributed by atoms with Crippen molar-refractivity contribution in [2.75, 3.05) is 11.9 Å². The van der Waals surface area contributed by atoms with E-state index in [9.17, 15) is 4.79 Å². The van der Waals surface area contributed by atoms with E-state index >= 15 is 0 Å². The predicted molar refractivity (Wildman–Crippen MR) is 140 cm³/mol. The van der Waals surface area contributed by atoms with Crippen LogP contribution in [0.5, 0.6) is 0 Å². The number of fused-ring (bicyclic) bond motifs is 2. The zero-order chi connectivity index (χ0) is 24.9. The smallest absolute Gasteiger partial charge is 0.278 e. The first-order valence-electron chi connectivity index (χ1n) is 11.9. The van der Waals surface area contributed by atoms with Crippen LogP contribution in [0, 0.1) is 0 Å². The third-order valence-corrected chi connectivity index (χ3v) is 6.58. The van der Waals surface area contributed by atoms with Crippen LogP contribution in [0.15, 0.2) is 41.5 Å². The van der Waals surface area contributed by atoms with Crippen LogP contribution < -0.4 is 16.2 Å². The van der Waals surface area contributed by atoms with Crippen LogP contribution in [0.4, 0.5) is 11.6 Å². The molecule has 3 aromatic heterocycles. The van der Waals surface area contributed by atoms with Crippen molar-refractivity contribution in [1.29, 1.82) is 0 Å². The summed E-state index contributed by atoms with van der Waals surface area (Å²) in [4.78, 5) is 27.1. The molecular weight excluding hydrogens is 462 g/mol. The molecule has 0 fully saturated rings. The molecule has 1 aromatic carbocycles. The molecule has 0 saturated carbocycles. The van der Waals surface area contributed by atoms with E-state index in [1.165, 1.54) is 11.1 Å². The Hall–Kier alpha value is -3.23. The maximum Gasteiger partial charge on any atom is 0.278 e. The highest BCUT2D eigenvalue weighted by Gasteiger charge is 2.24. The lowest BCUT2D eigenvalue weighted by molar-refractivity contribution is 0.474. The molecule has 0 radical (unpaired) electrons. The maximum atomic E-state index is 13.4. The summed E-state index contributed by atoms with van der Waals surface area (Å²) >= 11 is 6.64. The van der Waals surface area contributed by atoms with Crippen molar-refractivity contribution in [3.63, 3.8) is 0 Å². The third kappa shape index (κ3) is 4.32. The first-order valence-corrected chi connectivity index (χ1v) is 12.3. The first-order chi connectivity index (χ1) is 16.6. The zero-order valence-electron chi connectivity index (χ0n) is 20.7. The van der Waals surface area contributed by atoms with Gasteiger partial charge in [-0.2, -0.15) is 4.98 Å². The summed E-state index contributed by atoms with van der Waals surface area (Å²) in [6.07, 6.45) is 4.25. The van der Waals surface area contributed by atoms with Crippen LogP contribution in [0.2, 0.25) is 5.02 Å². The summed E-state index contributed by atoms with van der Waals surface area (Å²) in [7, 11) is 0. The Morgan fingerprint density at radius 3 is 2.66 bits per heavy atom. The van der Waals surface area contributed by atoms with Gasteiger partial charge in [0.2, 0.25) is 5.95 Å². The Kier molecular flexibility index (Phi) is 5.89. The number of anilines is 2. The predicted octanol–water partition coefficient (Wildman–Crippen LogP) is 4.90. The molecule has 0 saturated heterocycles. The van der Waals surface area contributed by atoms with E-state index in [0.717, 1.165) is 30.9 Å². The number of hydrogen-bond donors (Lipinski definition) is 2. The summed E-state index contributed by atoms with van der Waals surface area (Å²) in [6.45, 7) is 12.0. The molecular formula is C26H30ClN7O. The first kappa shape index (κ1) is 23.5. The van der Waals surface area contributed by atoms with Crippen LogP contribution in [0.25, 0.3) is 16.7 Å². The molecule has 1 aliphatic heterocycles. The summed E-state index contributed by atoms with van der Waals surface area (Å²) in [5.41, 5.74) is 5.21. The van der Waals surface area contributed by atoms with Gasteiger partial charge in [0.05, 0.1) is 10.7 Å². The van der Waals surface area contributed by atoms with Crippen molar-refractivity contribution in [2.45, 2.75) is 59.0 Å². The second kappa shape index (κ2) is 8.77. The number of nitrogens with zero attached hydrogens (tertiary/aromatic N) is 5. The molecule has 9 heteroatoms. The van der Waals surface area contributed by atoms with Gasteiger partial charge in [-0.3, -0.25) is 9.78 Å². The summed E-state index contributed by atoms with van der Waals surface area (Å²) < 4.78 is 3.46. The van der Waals surface area contributed by atoms with Crippen molar-refractivity contribution in [1.82, 2.24) is 29.6 Å². The van der Waals surface area contributed by atoms with Gasteiger partial charge in [-0.1, -0.05) is 38.4 Å². The molecule has 0 spiro atoms. The largest absolute Gasteiger partial charge is 0.324 e. The van der Waals surface area contributed by atoms with Crippen LogP contribution in [-0.2, 0) is 18.4 Å². The number of benzene rings is 1. The average molecular weight is 492 g/mol. The van der Waals surface area contributed by atoms with E-state index in [1.807, 2.05) is 26.0 Å². The Morgan fingerprint density at radius 2 is 1.91 bits per heavy atom. The Balaban J connectivity index is 1.66. The molecule has 4 aromatic rings. The summed E-state index contributed by atoms with van der Waals surface area (Å²) in [5, 5.41) is 7.60. The van der Waals surface area contributed by atoms with Crippen LogP contribution in [0.3, 0.4) is 0 Å². The van der Waals surface area contributed by atoms with Crippen molar-refractivity contribution in [2.24, 2.45) is 0 Å². The molecule has 0 aliphatic carbocycles. The molecule has 0 unspecified atom stereocenters. The number of rotatable bonds is 4. The van der Waals surface area contributed by atoms with E-state index in [4.69, 9.17) is 16.6 Å². The van der Waals surface area contributed by atoms with Crippen LogP contribution >= 0.6 is 11.6 Å². The van der Waals surface area contributed by atoms with Crippen molar-refractivity contribution < 1.29 is 0 Å². The quantitative estimate of drug-likeness (QED) is 0.422. The van der Waals surface area contributed by atoms with E-state index in [2.05, 4.69) is 53.5 Å². The minimum atomic E-state index is -0.186. The fourth-order valence-corrected chi connectivity index (χ4v) is 4.63. The second-order valence-corrected chi connectivity index (χ2v) is 10.7. The standard InChI is InChI=1S/C26H30ClN7O/c1-15(2)33-24(35)19-13-30-25(31-18-7-6-16-8-9-28-12-17(16)10-18)32-23(19)34(33)21-11-22(26(3,4)5)29-14-20(21)27/h6-7,10-11,13-15,28H,8-9,12H2,1-5H3,(H,30,31,32). The van der Waals surface area contributed by atoms with Gasteiger partial charge in [0, 0.05) is 41.8 Å². The number of halogens is 1. The molecule has 0 amide bonds. The number of hydrogen-bond acceptors (Lipinski definition) is 6. The van der Waals surface area contributed by atoms with E-state index in [0.29, 0.717) is 27.7 Å². The SMILES string of the molecule is CC(C)n1c(=O)c2cnc(Nc3ccc4c(c3)CNCC4)nc2n1-c1cc(C(C)(C)C)ncc1Cl. The molecule has 5 rings (SSSR count). The Morgan fingerprint density at radius 1 is 1.11 bits per heavy atom. The van der Waals surface area contributed by atoms with Gasteiger partial charge in [-0.25, -0.2) is 14.3 Å².